The van der Waals surface area contributed by atoms with Gasteiger partial charge in [0.1, 0.15) is 5.75 Å². The molecular weight excluding hydrogens is 284 g/mol. The number of benzene rings is 3. The fourth-order valence-electron chi connectivity index (χ4n) is 2.36. The lowest BCUT2D eigenvalue weighted by Crippen LogP contribution is -2.06. The average molecular weight is 299 g/mol. The van der Waals surface area contributed by atoms with Crippen LogP contribution in [0.3, 0.4) is 0 Å². The molecule has 4 heteroatoms. The molecule has 1 N–H and O–H groups in total. The number of nitrogens with one attached hydrogen (secondary N) is 1. The van der Waals surface area contributed by atoms with E-state index in [1.807, 2.05) is 30.3 Å². The van der Waals surface area contributed by atoms with Gasteiger partial charge in [-0.15, -0.1) is 0 Å². The van der Waals surface area contributed by atoms with Crippen molar-refractivity contribution in [2.24, 2.45) is 0 Å². The smallest absolute Gasteiger partial charge is 0.387 e. The fraction of sp³-hybridized carbons (Fsp3) is 0.111. The van der Waals surface area contributed by atoms with Gasteiger partial charge in [0.15, 0.2) is 0 Å². The Hall–Kier alpha value is -2.62. The largest absolute Gasteiger partial charge is 0.433 e. The van der Waals surface area contributed by atoms with E-state index in [0.29, 0.717) is 12.2 Å². The van der Waals surface area contributed by atoms with Crippen LogP contribution in [0.4, 0.5) is 14.5 Å². The van der Waals surface area contributed by atoms with Crippen molar-refractivity contribution in [1.29, 1.82) is 0 Å². The molecule has 2 nitrogen and oxygen atoms in total. The molecular formula is C18H15F2NO. The first-order valence-corrected chi connectivity index (χ1v) is 6.98. The standard InChI is InChI=1S/C18H15F2NO/c19-18(20)22-17-8-4-3-7-16(17)21-12-13-9-10-14-5-1-2-6-15(14)11-13/h1-11,18,21H,12H2. The van der Waals surface area contributed by atoms with Gasteiger partial charge in [-0.3, -0.25) is 0 Å². The van der Waals surface area contributed by atoms with Gasteiger partial charge in [0.2, 0.25) is 0 Å². The van der Waals surface area contributed by atoms with E-state index in [2.05, 4.69) is 22.2 Å². The normalized spacial score (nSPS) is 10.9. The summed E-state index contributed by atoms with van der Waals surface area (Å²) >= 11 is 0. The minimum Gasteiger partial charge on any atom is -0.433 e. The first-order valence-electron chi connectivity index (χ1n) is 6.98. The van der Waals surface area contributed by atoms with E-state index < -0.39 is 6.61 Å². The second-order valence-corrected chi connectivity index (χ2v) is 4.91. The van der Waals surface area contributed by atoms with Crippen molar-refractivity contribution in [1.82, 2.24) is 0 Å². The molecule has 0 spiro atoms. The maximum absolute atomic E-state index is 12.4. The molecule has 0 aromatic heterocycles. The van der Waals surface area contributed by atoms with Crippen LogP contribution in [0.25, 0.3) is 10.8 Å². The summed E-state index contributed by atoms with van der Waals surface area (Å²) in [6.45, 7) is -2.29. The first kappa shape index (κ1) is 14.3. The van der Waals surface area contributed by atoms with Crippen LogP contribution in [0, 0.1) is 0 Å². The van der Waals surface area contributed by atoms with Crippen LogP contribution in [0.15, 0.2) is 66.7 Å². The molecule has 0 heterocycles. The van der Waals surface area contributed by atoms with Gasteiger partial charge in [0, 0.05) is 6.54 Å². The Morgan fingerprint density at radius 1 is 0.864 bits per heavy atom. The predicted octanol–water partition coefficient (Wildman–Crippen LogP) is 5.05. The van der Waals surface area contributed by atoms with Crippen molar-refractivity contribution in [2.45, 2.75) is 13.2 Å². The Bertz CT molecular complexity index is 774. The SMILES string of the molecule is FC(F)Oc1ccccc1NCc1ccc2ccccc2c1. The van der Waals surface area contributed by atoms with E-state index in [0.717, 1.165) is 10.9 Å². The molecule has 3 rings (SSSR count). The van der Waals surface area contributed by atoms with E-state index in [9.17, 15) is 8.78 Å². The minimum atomic E-state index is -2.83. The Labute approximate surface area is 127 Å². The van der Waals surface area contributed by atoms with Gasteiger partial charge in [0.25, 0.3) is 0 Å². The second kappa shape index (κ2) is 6.43. The summed E-state index contributed by atoms with van der Waals surface area (Å²) in [7, 11) is 0. The summed E-state index contributed by atoms with van der Waals surface area (Å²) in [6, 6.07) is 20.9. The number of alkyl halides is 2. The molecule has 3 aromatic carbocycles. The third-order valence-corrected chi connectivity index (χ3v) is 3.40. The zero-order valence-corrected chi connectivity index (χ0v) is 11.8. The van der Waals surface area contributed by atoms with E-state index in [1.54, 1.807) is 18.2 Å². The summed E-state index contributed by atoms with van der Waals surface area (Å²) < 4.78 is 29.3. The van der Waals surface area contributed by atoms with Crippen molar-refractivity contribution in [2.75, 3.05) is 5.32 Å². The number of rotatable bonds is 5. The molecule has 0 aliphatic rings. The molecule has 0 radical (unpaired) electrons. The summed E-state index contributed by atoms with van der Waals surface area (Å²) in [5.41, 5.74) is 1.63. The lowest BCUT2D eigenvalue weighted by molar-refractivity contribution is -0.0493. The zero-order chi connectivity index (χ0) is 15.4. The zero-order valence-electron chi connectivity index (χ0n) is 11.8. The first-order chi connectivity index (χ1) is 10.7. The number of ether oxygens (including phenoxy) is 1. The molecule has 22 heavy (non-hydrogen) atoms. The molecule has 0 aliphatic carbocycles. The van der Waals surface area contributed by atoms with Gasteiger partial charge < -0.3 is 10.1 Å². The van der Waals surface area contributed by atoms with Crippen LogP contribution in [0.2, 0.25) is 0 Å². The monoisotopic (exact) mass is 299 g/mol. The highest BCUT2D eigenvalue weighted by atomic mass is 19.3. The maximum Gasteiger partial charge on any atom is 0.387 e. The lowest BCUT2D eigenvalue weighted by Gasteiger charge is -2.12. The Morgan fingerprint density at radius 2 is 1.59 bits per heavy atom. The van der Waals surface area contributed by atoms with E-state index in [4.69, 9.17) is 0 Å². The topological polar surface area (TPSA) is 21.3 Å². The molecule has 0 saturated carbocycles. The number of fused-ring (bicyclic) bond motifs is 1. The second-order valence-electron chi connectivity index (χ2n) is 4.91. The highest BCUT2D eigenvalue weighted by Gasteiger charge is 2.08. The number of anilines is 1. The highest BCUT2D eigenvalue weighted by Crippen LogP contribution is 2.26. The molecule has 0 unspecified atom stereocenters. The molecule has 0 saturated heterocycles. The van der Waals surface area contributed by atoms with Crippen LogP contribution in [-0.2, 0) is 6.54 Å². The third kappa shape index (κ3) is 3.34. The summed E-state index contributed by atoms with van der Waals surface area (Å²) in [6.07, 6.45) is 0. The molecule has 0 atom stereocenters. The number of halogens is 2. The van der Waals surface area contributed by atoms with Crippen molar-refractivity contribution in [3.05, 3.63) is 72.3 Å². The van der Waals surface area contributed by atoms with Crippen molar-refractivity contribution < 1.29 is 13.5 Å². The molecule has 0 fully saturated rings. The number of hydrogen-bond donors (Lipinski definition) is 1. The van der Waals surface area contributed by atoms with Gasteiger partial charge in [0.05, 0.1) is 5.69 Å². The van der Waals surface area contributed by atoms with E-state index in [1.165, 1.54) is 11.5 Å². The van der Waals surface area contributed by atoms with Gasteiger partial charge in [-0.25, -0.2) is 0 Å². The van der Waals surface area contributed by atoms with Crippen LogP contribution in [0.5, 0.6) is 5.75 Å². The van der Waals surface area contributed by atoms with Crippen molar-refractivity contribution >= 4 is 16.5 Å². The average Bonchev–Trinajstić information content (AvgIpc) is 2.53. The third-order valence-electron chi connectivity index (χ3n) is 3.40. The molecule has 3 aromatic rings. The molecule has 0 amide bonds. The summed E-state index contributed by atoms with van der Waals surface area (Å²) in [5, 5.41) is 5.47. The van der Waals surface area contributed by atoms with Crippen molar-refractivity contribution in [3.63, 3.8) is 0 Å². The lowest BCUT2D eigenvalue weighted by atomic mass is 10.1. The quantitative estimate of drug-likeness (QED) is 0.711. The van der Waals surface area contributed by atoms with Crippen LogP contribution >= 0.6 is 0 Å². The summed E-state index contributed by atoms with van der Waals surface area (Å²) in [5.74, 6) is 0.151. The summed E-state index contributed by atoms with van der Waals surface area (Å²) in [4.78, 5) is 0. The Morgan fingerprint density at radius 3 is 2.41 bits per heavy atom. The van der Waals surface area contributed by atoms with Crippen LogP contribution < -0.4 is 10.1 Å². The van der Waals surface area contributed by atoms with E-state index in [-0.39, 0.29) is 5.75 Å². The van der Waals surface area contributed by atoms with Gasteiger partial charge in [-0.05, 0) is 34.5 Å². The fourth-order valence-corrected chi connectivity index (χ4v) is 2.36. The Balaban J connectivity index is 1.76. The maximum atomic E-state index is 12.4. The van der Waals surface area contributed by atoms with Crippen molar-refractivity contribution in [3.8, 4) is 5.75 Å². The van der Waals surface area contributed by atoms with E-state index >= 15 is 0 Å². The van der Waals surface area contributed by atoms with Gasteiger partial charge >= 0.3 is 6.61 Å². The van der Waals surface area contributed by atoms with Crippen LogP contribution in [0.1, 0.15) is 5.56 Å². The number of para-hydroxylation sites is 2. The molecule has 0 aliphatic heterocycles. The van der Waals surface area contributed by atoms with Gasteiger partial charge in [-0.2, -0.15) is 8.78 Å². The minimum absolute atomic E-state index is 0.151. The van der Waals surface area contributed by atoms with Gasteiger partial charge in [-0.1, -0.05) is 48.5 Å². The molecule has 112 valence electrons. The Kier molecular flexibility index (Phi) is 4.19. The number of hydrogen-bond acceptors (Lipinski definition) is 2. The predicted molar refractivity (Wildman–Crippen MR) is 84.3 cm³/mol. The molecule has 0 bridgehead atoms. The highest BCUT2D eigenvalue weighted by molar-refractivity contribution is 5.83. The van der Waals surface area contributed by atoms with Crippen LogP contribution in [-0.4, -0.2) is 6.61 Å².